The van der Waals surface area contributed by atoms with Crippen LogP contribution >= 0.6 is 45.5 Å². The van der Waals surface area contributed by atoms with E-state index >= 15 is 0 Å². The molecule has 0 saturated carbocycles. The van der Waals surface area contributed by atoms with E-state index in [4.69, 9.17) is 11.6 Å². The monoisotopic (exact) mass is 273 g/mol. The third kappa shape index (κ3) is 1.72. The summed E-state index contributed by atoms with van der Waals surface area (Å²) >= 11 is 9.62. The van der Waals surface area contributed by atoms with Gasteiger partial charge in [0.15, 0.2) is 0 Å². The van der Waals surface area contributed by atoms with Crippen molar-refractivity contribution in [2.45, 2.75) is 0 Å². The fourth-order valence-electron chi connectivity index (χ4n) is 0.511. The van der Waals surface area contributed by atoms with Crippen molar-refractivity contribution < 1.29 is 0 Å². The van der Waals surface area contributed by atoms with Crippen LogP contribution in [0.4, 0.5) is 5.69 Å². The maximum absolute atomic E-state index is 5.80. The molecule has 9 heavy (non-hydrogen) atoms. The quantitative estimate of drug-likeness (QED) is 0.776. The molecule has 0 atom stereocenters. The average molecular weight is 274 g/mol. The molecule has 4 heteroatoms. The zero-order chi connectivity index (χ0) is 6.85. The molecule has 1 N–H and O–H groups in total. The molecule has 0 amide bonds. The summed E-state index contributed by atoms with van der Waals surface area (Å²) in [6.45, 7) is 0. The van der Waals surface area contributed by atoms with E-state index in [1.54, 1.807) is 11.3 Å². The van der Waals surface area contributed by atoms with Crippen molar-refractivity contribution in [1.29, 1.82) is 0 Å². The Morgan fingerprint density at radius 1 is 1.78 bits per heavy atom. The normalized spacial score (nSPS) is 9.67. The van der Waals surface area contributed by atoms with E-state index in [0.717, 1.165) is 10.0 Å². The number of rotatable bonds is 1. The molecule has 0 fully saturated rings. The Bertz CT molecular complexity index is 211. The maximum Gasteiger partial charge on any atom is 0.117 e. The minimum atomic E-state index is 0.835. The van der Waals surface area contributed by atoms with E-state index in [0.29, 0.717) is 0 Å². The van der Waals surface area contributed by atoms with Crippen LogP contribution in [0.5, 0.6) is 0 Å². The average Bonchev–Trinajstić information content (AvgIpc) is 2.10. The highest BCUT2D eigenvalue weighted by molar-refractivity contribution is 14.1. The van der Waals surface area contributed by atoms with Gasteiger partial charge in [-0.05, 0) is 28.7 Å². The lowest BCUT2D eigenvalue weighted by atomic mass is 10.5. The fraction of sp³-hybridized carbons (Fsp3) is 0.200. The molecular formula is C5H5ClINS. The number of halogens is 2. The van der Waals surface area contributed by atoms with Gasteiger partial charge < -0.3 is 5.32 Å². The predicted octanol–water partition coefficient (Wildman–Crippen LogP) is 3.05. The van der Waals surface area contributed by atoms with Crippen molar-refractivity contribution >= 4 is 51.2 Å². The van der Waals surface area contributed by atoms with E-state index in [2.05, 4.69) is 27.9 Å². The first kappa shape index (κ1) is 7.63. The fourth-order valence-corrected chi connectivity index (χ4v) is 2.89. The Morgan fingerprint density at radius 2 is 2.44 bits per heavy atom. The Balaban J connectivity index is 3.01. The zero-order valence-corrected chi connectivity index (χ0v) is 8.47. The lowest BCUT2D eigenvalue weighted by molar-refractivity contribution is 1.56. The largest absolute Gasteiger partial charge is 0.386 e. The second-order valence-corrected chi connectivity index (χ2v) is 5.04. The van der Waals surface area contributed by atoms with E-state index in [1.807, 2.05) is 13.1 Å². The van der Waals surface area contributed by atoms with Gasteiger partial charge in [-0.25, -0.2) is 0 Å². The number of anilines is 1. The molecule has 1 aromatic rings. The van der Waals surface area contributed by atoms with Crippen LogP contribution < -0.4 is 5.32 Å². The summed E-state index contributed by atoms with van der Waals surface area (Å²) in [6, 6.07) is 2.02. The Labute approximate surface area is 76.6 Å². The van der Waals surface area contributed by atoms with Crippen molar-refractivity contribution in [2.75, 3.05) is 12.4 Å². The number of hydrogen-bond donors (Lipinski definition) is 1. The topological polar surface area (TPSA) is 12.0 Å². The van der Waals surface area contributed by atoms with Crippen molar-refractivity contribution in [3.8, 4) is 0 Å². The number of nitrogens with one attached hydrogen (secondary N) is 1. The molecule has 50 valence electrons. The van der Waals surface area contributed by atoms with Crippen LogP contribution in [0.1, 0.15) is 0 Å². The lowest BCUT2D eigenvalue weighted by Gasteiger charge is -1.90. The van der Waals surface area contributed by atoms with Crippen LogP contribution in [-0.2, 0) is 0 Å². The summed E-state index contributed by atoms with van der Waals surface area (Å²) in [4.78, 5) is 0. The van der Waals surface area contributed by atoms with Crippen LogP contribution in [-0.4, -0.2) is 7.05 Å². The van der Waals surface area contributed by atoms with Crippen molar-refractivity contribution in [1.82, 2.24) is 0 Å². The van der Waals surface area contributed by atoms with Gasteiger partial charge in [-0.1, -0.05) is 11.6 Å². The molecule has 1 heterocycles. The lowest BCUT2D eigenvalue weighted by Crippen LogP contribution is -1.83. The van der Waals surface area contributed by atoms with Crippen LogP contribution in [0, 0.1) is 2.88 Å². The number of thiophene rings is 1. The minimum Gasteiger partial charge on any atom is -0.386 e. The smallest absolute Gasteiger partial charge is 0.117 e. The van der Waals surface area contributed by atoms with Gasteiger partial charge in [-0.2, -0.15) is 0 Å². The van der Waals surface area contributed by atoms with Gasteiger partial charge in [0.2, 0.25) is 0 Å². The summed E-state index contributed by atoms with van der Waals surface area (Å²) in [5, 5.41) is 2.99. The second-order valence-electron chi connectivity index (χ2n) is 1.49. The van der Waals surface area contributed by atoms with Crippen LogP contribution in [0.2, 0.25) is 4.34 Å². The van der Waals surface area contributed by atoms with E-state index in [-0.39, 0.29) is 0 Å². The molecule has 0 saturated heterocycles. The van der Waals surface area contributed by atoms with Crippen LogP contribution in [0.15, 0.2) is 6.07 Å². The van der Waals surface area contributed by atoms with E-state index in [1.165, 1.54) is 2.88 Å². The first-order chi connectivity index (χ1) is 4.24. The summed E-state index contributed by atoms with van der Waals surface area (Å²) in [5.41, 5.74) is 1.02. The molecule has 0 bridgehead atoms. The Kier molecular flexibility index (Phi) is 2.60. The highest BCUT2D eigenvalue weighted by Gasteiger charge is 2.01. The molecule has 1 rings (SSSR count). The van der Waals surface area contributed by atoms with Gasteiger partial charge >= 0.3 is 0 Å². The first-order valence-corrected chi connectivity index (χ1v) is 4.64. The molecule has 0 spiro atoms. The van der Waals surface area contributed by atoms with Crippen molar-refractivity contribution in [3.63, 3.8) is 0 Å². The molecule has 1 aromatic heterocycles. The van der Waals surface area contributed by atoms with Gasteiger partial charge in [-0.3, -0.25) is 0 Å². The van der Waals surface area contributed by atoms with Gasteiger partial charge in [0.25, 0.3) is 0 Å². The van der Waals surface area contributed by atoms with Gasteiger partial charge in [0.1, 0.15) is 4.34 Å². The summed E-state index contributed by atoms with van der Waals surface area (Å²) in [5.74, 6) is 0. The SMILES string of the molecule is CNc1cc(I)sc1Cl. The van der Waals surface area contributed by atoms with Gasteiger partial charge in [0, 0.05) is 7.05 Å². The molecule has 1 nitrogen and oxygen atoms in total. The predicted molar refractivity (Wildman–Crippen MR) is 51.6 cm³/mol. The van der Waals surface area contributed by atoms with Gasteiger partial charge in [-0.15, -0.1) is 11.3 Å². The molecule has 0 aliphatic carbocycles. The molecule has 0 unspecified atom stereocenters. The standard InChI is InChI=1S/C5H5ClINS/c1-8-3-2-4(7)9-5(3)6/h2,8H,1H3. The van der Waals surface area contributed by atoms with E-state index in [9.17, 15) is 0 Å². The molecule has 0 aliphatic heterocycles. The highest BCUT2D eigenvalue weighted by Crippen LogP contribution is 2.32. The van der Waals surface area contributed by atoms with Crippen molar-refractivity contribution in [2.24, 2.45) is 0 Å². The third-order valence-electron chi connectivity index (χ3n) is 0.926. The highest BCUT2D eigenvalue weighted by atomic mass is 127. The first-order valence-electron chi connectivity index (χ1n) is 2.36. The third-order valence-corrected chi connectivity index (χ3v) is 3.05. The second kappa shape index (κ2) is 3.07. The summed E-state index contributed by atoms with van der Waals surface area (Å²) in [6.07, 6.45) is 0. The van der Waals surface area contributed by atoms with Crippen LogP contribution in [0.3, 0.4) is 0 Å². The van der Waals surface area contributed by atoms with Crippen LogP contribution in [0.25, 0.3) is 0 Å². The summed E-state index contributed by atoms with van der Waals surface area (Å²) < 4.78 is 2.05. The molecular weight excluding hydrogens is 268 g/mol. The van der Waals surface area contributed by atoms with Crippen molar-refractivity contribution in [3.05, 3.63) is 13.3 Å². The summed E-state index contributed by atoms with van der Waals surface area (Å²) in [7, 11) is 1.87. The Hall–Kier alpha value is 0.520. The minimum absolute atomic E-state index is 0.835. The van der Waals surface area contributed by atoms with E-state index < -0.39 is 0 Å². The molecule has 0 aliphatic rings. The Morgan fingerprint density at radius 3 is 2.67 bits per heavy atom. The maximum atomic E-state index is 5.80. The molecule has 0 radical (unpaired) electrons. The zero-order valence-electron chi connectivity index (χ0n) is 4.74. The number of hydrogen-bond acceptors (Lipinski definition) is 2. The van der Waals surface area contributed by atoms with Gasteiger partial charge in [0.05, 0.1) is 8.57 Å². The molecule has 0 aromatic carbocycles.